The summed E-state index contributed by atoms with van der Waals surface area (Å²) in [6, 6.07) is 5.30. The van der Waals surface area contributed by atoms with E-state index in [9.17, 15) is 4.39 Å². The molecule has 3 rings (SSSR count). The molecule has 1 aromatic heterocycles. The normalized spacial score (nSPS) is 14.8. The van der Waals surface area contributed by atoms with E-state index >= 15 is 0 Å². The Hall–Kier alpha value is -1.33. The third kappa shape index (κ3) is 3.04. The Kier molecular flexibility index (Phi) is 4.08. The molecule has 1 aliphatic heterocycles. The molecule has 0 aliphatic carbocycles. The van der Waals surface area contributed by atoms with Crippen molar-refractivity contribution in [1.82, 2.24) is 4.98 Å². The van der Waals surface area contributed by atoms with Gasteiger partial charge in [-0.2, -0.15) is 0 Å². The van der Waals surface area contributed by atoms with Gasteiger partial charge in [-0.25, -0.2) is 9.37 Å². The minimum absolute atomic E-state index is 0.172. The van der Waals surface area contributed by atoms with Crippen LogP contribution in [0.15, 0.2) is 24.4 Å². The van der Waals surface area contributed by atoms with Crippen LogP contribution < -0.4 is 10.2 Å². The molecule has 0 bridgehead atoms. The van der Waals surface area contributed by atoms with Gasteiger partial charge in [0.15, 0.2) is 0 Å². The van der Waals surface area contributed by atoms with Crippen LogP contribution in [0.4, 0.5) is 15.8 Å². The van der Waals surface area contributed by atoms with E-state index in [1.54, 1.807) is 12.3 Å². The fourth-order valence-corrected chi connectivity index (χ4v) is 3.27. The van der Waals surface area contributed by atoms with Crippen LogP contribution in [0.2, 0.25) is 4.34 Å². The third-order valence-corrected chi connectivity index (χ3v) is 4.48. The summed E-state index contributed by atoms with van der Waals surface area (Å²) in [5, 5.41) is 4.05. The largest absolute Gasteiger partial charge is 0.378 e. The number of thiazole rings is 1. The van der Waals surface area contributed by atoms with Crippen molar-refractivity contribution in [3.05, 3.63) is 39.6 Å². The van der Waals surface area contributed by atoms with Crippen LogP contribution in [0.3, 0.4) is 0 Å². The molecule has 1 fully saturated rings. The zero-order valence-corrected chi connectivity index (χ0v) is 12.5. The standard InChI is InChI=1S/C14H15ClFN3S/c15-13-8-18-14(20-13)9-17-10-3-4-12(11(16)7-10)19-5-1-2-6-19/h3-4,7-8,17H,1-2,5-6,9H2. The van der Waals surface area contributed by atoms with Gasteiger partial charge in [0.05, 0.1) is 18.4 Å². The first-order chi connectivity index (χ1) is 9.72. The van der Waals surface area contributed by atoms with Gasteiger partial charge in [0.25, 0.3) is 0 Å². The van der Waals surface area contributed by atoms with E-state index in [2.05, 4.69) is 15.2 Å². The summed E-state index contributed by atoms with van der Waals surface area (Å²) in [6.45, 7) is 2.45. The molecule has 1 saturated heterocycles. The minimum atomic E-state index is -0.172. The van der Waals surface area contributed by atoms with Crippen molar-refractivity contribution >= 4 is 34.3 Å². The smallest absolute Gasteiger partial charge is 0.148 e. The molecule has 1 aliphatic rings. The van der Waals surface area contributed by atoms with E-state index < -0.39 is 0 Å². The Morgan fingerprint density at radius 2 is 2.15 bits per heavy atom. The molecule has 3 nitrogen and oxygen atoms in total. The highest BCUT2D eigenvalue weighted by Gasteiger charge is 2.16. The monoisotopic (exact) mass is 311 g/mol. The quantitative estimate of drug-likeness (QED) is 0.919. The summed E-state index contributed by atoms with van der Waals surface area (Å²) >= 11 is 7.25. The number of rotatable bonds is 4. The van der Waals surface area contributed by atoms with Crippen LogP contribution in [-0.2, 0) is 6.54 Å². The zero-order valence-electron chi connectivity index (χ0n) is 10.9. The lowest BCUT2D eigenvalue weighted by Gasteiger charge is -2.18. The summed E-state index contributed by atoms with van der Waals surface area (Å²) in [5.41, 5.74) is 1.46. The Balaban J connectivity index is 1.67. The summed E-state index contributed by atoms with van der Waals surface area (Å²) in [5.74, 6) is -0.172. The van der Waals surface area contributed by atoms with Crippen LogP contribution in [0.1, 0.15) is 17.8 Å². The van der Waals surface area contributed by atoms with Gasteiger partial charge in [0.1, 0.15) is 15.2 Å². The number of hydrogen-bond acceptors (Lipinski definition) is 4. The molecule has 0 atom stereocenters. The number of benzene rings is 1. The van der Waals surface area contributed by atoms with Gasteiger partial charge >= 0.3 is 0 Å². The first-order valence-electron chi connectivity index (χ1n) is 6.61. The topological polar surface area (TPSA) is 28.2 Å². The van der Waals surface area contributed by atoms with Crippen molar-refractivity contribution in [3.63, 3.8) is 0 Å². The molecular formula is C14H15ClFN3S. The van der Waals surface area contributed by atoms with E-state index in [1.165, 1.54) is 11.3 Å². The van der Waals surface area contributed by atoms with E-state index in [-0.39, 0.29) is 5.82 Å². The molecule has 2 heterocycles. The first-order valence-corrected chi connectivity index (χ1v) is 7.80. The van der Waals surface area contributed by atoms with Crippen molar-refractivity contribution in [2.75, 3.05) is 23.3 Å². The molecule has 0 radical (unpaired) electrons. The molecule has 0 saturated carbocycles. The highest BCUT2D eigenvalue weighted by Crippen LogP contribution is 2.26. The van der Waals surface area contributed by atoms with E-state index in [0.29, 0.717) is 16.6 Å². The molecule has 106 valence electrons. The van der Waals surface area contributed by atoms with Crippen molar-refractivity contribution in [3.8, 4) is 0 Å². The average molecular weight is 312 g/mol. The summed E-state index contributed by atoms with van der Waals surface area (Å²) in [7, 11) is 0. The van der Waals surface area contributed by atoms with Gasteiger partial charge < -0.3 is 10.2 Å². The molecule has 2 aromatic rings. The predicted molar refractivity (Wildman–Crippen MR) is 82.3 cm³/mol. The second-order valence-corrected chi connectivity index (χ2v) is 6.52. The summed E-state index contributed by atoms with van der Waals surface area (Å²) in [4.78, 5) is 6.25. The van der Waals surface area contributed by atoms with Gasteiger partial charge in [-0.1, -0.05) is 11.6 Å². The van der Waals surface area contributed by atoms with Crippen LogP contribution in [0.25, 0.3) is 0 Å². The fraction of sp³-hybridized carbons (Fsp3) is 0.357. The van der Waals surface area contributed by atoms with Crippen molar-refractivity contribution in [2.45, 2.75) is 19.4 Å². The highest BCUT2D eigenvalue weighted by atomic mass is 35.5. The molecule has 0 amide bonds. The molecule has 20 heavy (non-hydrogen) atoms. The molecule has 6 heteroatoms. The first kappa shape index (κ1) is 13.6. The average Bonchev–Trinajstić information content (AvgIpc) is 3.08. The lowest BCUT2D eigenvalue weighted by atomic mass is 10.2. The molecular weight excluding hydrogens is 297 g/mol. The number of nitrogens with zero attached hydrogens (tertiary/aromatic N) is 2. The van der Waals surface area contributed by atoms with Crippen LogP contribution in [0, 0.1) is 5.82 Å². The highest BCUT2D eigenvalue weighted by molar-refractivity contribution is 7.15. The SMILES string of the molecule is Fc1cc(NCc2ncc(Cl)s2)ccc1N1CCCC1. The Morgan fingerprint density at radius 3 is 2.80 bits per heavy atom. The third-order valence-electron chi connectivity index (χ3n) is 3.36. The second-order valence-electron chi connectivity index (χ2n) is 4.77. The maximum Gasteiger partial charge on any atom is 0.148 e. The van der Waals surface area contributed by atoms with E-state index in [0.717, 1.165) is 36.6 Å². The lowest BCUT2D eigenvalue weighted by Crippen LogP contribution is -2.18. The van der Waals surface area contributed by atoms with Crippen molar-refractivity contribution in [1.29, 1.82) is 0 Å². The Bertz CT molecular complexity index is 596. The number of halogens is 2. The van der Waals surface area contributed by atoms with Gasteiger partial charge in [-0.05, 0) is 31.0 Å². The number of aromatic nitrogens is 1. The Morgan fingerprint density at radius 1 is 1.35 bits per heavy atom. The van der Waals surface area contributed by atoms with E-state index in [4.69, 9.17) is 11.6 Å². The maximum absolute atomic E-state index is 14.1. The molecule has 0 spiro atoms. The molecule has 1 aromatic carbocycles. The number of nitrogens with one attached hydrogen (secondary N) is 1. The minimum Gasteiger partial charge on any atom is -0.378 e. The van der Waals surface area contributed by atoms with Gasteiger partial charge in [0.2, 0.25) is 0 Å². The lowest BCUT2D eigenvalue weighted by molar-refractivity contribution is 0.623. The summed E-state index contributed by atoms with van der Waals surface area (Å²) < 4.78 is 14.8. The van der Waals surface area contributed by atoms with Crippen LogP contribution in [-0.4, -0.2) is 18.1 Å². The van der Waals surface area contributed by atoms with Crippen molar-refractivity contribution < 1.29 is 4.39 Å². The van der Waals surface area contributed by atoms with Crippen molar-refractivity contribution in [2.24, 2.45) is 0 Å². The number of anilines is 2. The molecule has 1 N–H and O–H groups in total. The van der Waals surface area contributed by atoms with Crippen LogP contribution >= 0.6 is 22.9 Å². The predicted octanol–water partition coefficient (Wildman–Crippen LogP) is 4.15. The van der Waals surface area contributed by atoms with Gasteiger partial charge in [-0.3, -0.25) is 0 Å². The maximum atomic E-state index is 14.1. The second kappa shape index (κ2) is 5.97. The van der Waals surface area contributed by atoms with E-state index in [1.807, 2.05) is 12.1 Å². The van der Waals surface area contributed by atoms with Crippen LogP contribution in [0.5, 0.6) is 0 Å². The zero-order chi connectivity index (χ0) is 13.9. The fourth-order valence-electron chi connectivity index (χ4n) is 2.38. The number of hydrogen-bond donors (Lipinski definition) is 1. The summed E-state index contributed by atoms with van der Waals surface area (Å²) in [6.07, 6.45) is 3.91. The Labute approximate surface area is 126 Å². The van der Waals surface area contributed by atoms with Gasteiger partial charge in [0, 0.05) is 18.8 Å². The van der Waals surface area contributed by atoms with Gasteiger partial charge in [-0.15, -0.1) is 11.3 Å². The molecule has 0 unspecified atom stereocenters.